The maximum absolute atomic E-state index is 12.7. The van der Waals surface area contributed by atoms with Gasteiger partial charge in [0.25, 0.3) is 0 Å². The maximum Gasteiger partial charge on any atom is 0.303 e. The van der Waals surface area contributed by atoms with Gasteiger partial charge < -0.3 is 5.11 Å². The molecular weight excluding hydrogens is 392 g/mol. The number of carboxylic acids is 1. The highest BCUT2D eigenvalue weighted by Crippen LogP contribution is 2.34. The van der Waals surface area contributed by atoms with E-state index < -0.39 is 5.97 Å². The molecule has 1 aliphatic rings. The molecule has 29 heavy (non-hydrogen) atoms. The number of carbonyl (C=O) groups excluding carboxylic acids is 1. The summed E-state index contributed by atoms with van der Waals surface area (Å²) in [6, 6.07) is 12.6. The van der Waals surface area contributed by atoms with Crippen LogP contribution >= 0.6 is 11.6 Å². The van der Waals surface area contributed by atoms with Gasteiger partial charge in [0.2, 0.25) is 5.91 Å². The molecule has 1 N–H and O–H groups in total. The summed E-state index contributed by atoms with van der Waals surface area (Å²) >= 11 is 5.98. The number of fused-ring (bicyclic) bond motifs is 1. The number of halogens is 1. The molecule has 1 amide bonds. The lowest BCUT2D eigenvalue weighted by Crippen LogP contribution is -2.27. The van der Waals surface area contributed by atoms with E-state index in [0.717, 1.165) is 27.9 Å². The van der Waals surface area contributed by atoms with Gasteiger partial charge in [-0.15, -0.1) is 0 Å². The van der Waals surface area contributed by atoms with Gasteiger partial charge in [-0.3, -0.25) is 19.6 Å². The van der Waals surface area contributed by atoms with Crippen molar-refractivity contribution in [1.29, 1.82) is 0 Å². The van der Waals surface area contributed by atoms with Crippen LogP contribution in [0.3, 0.4) is 0 Å². The predicted molar refractivity (Wildman–Crippen MR) is 109 cm³/mol. The zero-order valence-corrected chi connectivity index (χ0v) is 16.1. The van der Waals surface area contributed by atoms with E-state index >= 15 is 0 Å². The van der Waals surface area contributed by atoms with Crippen LogP contribution in [0.2, 0.25) is 5.02 Å². The highest BCUT2D eigenvalue weighted by atomic mass is 35.5. The first kappa shape index (κ1) is 19.0. The van der Waals surface area contributed by atoms with Crippen molar-refractivity contribution in [1.82, 2.24) is 15.0 Å². The standard InChI is InChI=1S/C21H17ClN4O3/c22-15-4-1-13(2-5-15)17-12-19(26(25-17)20(27)7-8-21(28)29)14-3-6-16-18(11-14)24-10-9-23-16/h1-6,9-11,19H,7-8,12H2,(H,28,29)/t19-/m0/s1. The lowest BCUT2D eigenvalue weighted by atomic mass is 9.98. The van der Waals surface area contributed by atoms with Crippen molar-refractivity contribution in [2.75, 3.05) is 0 Å². The topological polar surface area (TPSA) is 95.8 Å². The van der Waals surface area contributed by atoms with Crippen molar-refractivity contribution in [2.24, 2.45) is 5.10 Å². The SMILES string of the molecule is O=C(O)CCC(=O)N1N=C(c2ccc(Cl)cc2)C[C@H]1c1ccc2nccnc2c1. The summed E-state index contributed by atoms with van der Waals surface area (Å²) in [5.74, 6) is -1.35. The summed E-state index contributed by atoms with van der Waals surface area (Å²) in [6.45, 7) is 0. The normalized spacial score (nSPS) is 16.1. The molecule has 2 heterocycles. The average Bonchev–Trinajstić information content (AvgIpc) is 3.17. The number of carboxylic acid groups (broad SMARTS) is 1. The van der Waals surface area contributed by atoms with Gasteiger partial charge in [0.15, 0.2) is 0 Å². The minimum Gasteiger partial charge on any atom is -0.481 e. The number of aliphatic carboxylic acids is 1. The molecule has 0 saturated heterocycles. The summed E-state index contributed by atoms with van der Waals surface area (Å²) < 4.78 is 0. The molecule has 1 atom stereocenters. The van der Waals surface area contributed by atoms with E-state index in [1.54, 1.807) is 24.5 Å². The molecule has 0 saturated carbocycles. The summed E-state index contributed by atoms with van der Waals surface area (Å²) in [5, 5.41) is 15.5. The van der Waals surface area contributed by atoms with Crippen molar-refractivity contribution in [3.63, 3.8) is 0 Å². The zero-order chi connectivity index (χ0) is 20.4. The Bertz CT molecular complexity index is 1110. The van der Waals surface area contributed by atoms with Crippen LogP contribution in [0.15, 0.2) is 60.0 Å². The molecule has 4 rings (SSSR count). The summed E-state index contributed by atoms with van der Waals surface area (Å²) in [7, 11) is 0. The average molecular weight is 409 g/mol. The molecule has 0 radical (unpaired) electrons. The van der Waals surface area contributed by atoms with E-state index in [4.69, 9.17) is 16.7 Å². The fourth-order valence-electron chi connectivity index (χ4n) is 3.33. The summed E-state index contributed by atoms with van der Waals surface area (Å²) in [5.41, 5.74) is 3.97. The smallest absolute Gasteiger partial charge is 0.303 e. The highest BCUT2D eigenvalue weighted by molar-refractivity contribution is 6.30. The van der Waals surface area contributed by atoms with Gasteiger partial charge in [-0.1, -0.05) is 29.8 Å². The van der Waals surface area contributed by atoms with Gasteiger partial charge in [-0.05, 0) is 35.4 Å². The number of hydrogen-bond donors (Lipinski definition) is 1. The van der Waals surface area contributed by atoms with Crippen LogP contribution in [0.25, 0.3) is 11.0 Å². The largest absolute Gasteiger partial charge is 0.481 e. The molecule has 3 aromatic rings. The highest BCUT2D eigenvalue weighted by Gasteiger charge is 2.33. The van der Waals surface area contributed by atoms with Crippen molar-refractivity contribution in [3.05, 3.63) is 71.0 Å². The molecule has 0 aliphatic carbocycles. The maximum atomic E-state index is 12.7. The van der Waals surface area contributed by atoms with E-state index in [1.807, 2.05) is 30.3 Å². The Morgan fingerprint density at radius 3 is 2.48 bits per heavy atom. The Morgan fingerprint density at radius 1 is 1.03 bits per heavy atom. The number of nitrogens with zero attached hydrogens (tertiary/aromatic N) is 4. The lowest BCUT2D eigenvalue weighted by molar-refractivity contribution is -0.141. The van der Waals surface area contributed by atoms with E-state index in [2.05, 4.69) is 15.1 Å². The number of hydrogen-bond acceptors (Lipinski definition) is 5. The molecule has 0 bridgehead atoms. The fourth-order valence-corrected chi connectivity index (χ4v) is 3.46. The second kappa shape index (κ2) is 7.97. The molecule has 8 heteroatoms. The number of hydrazone groups is 1. The van der Waals surface area contributed by atoms with Crippen LogP contribution in [-0.2, 0) is 9.59 Å². The third kappa shape index (κ3) is 4.09. The van der Waals surface area contributed by atoms with E-state index in [1.165, 1.54) is 5.01 Å². The second-order valence-corrected chi connectivity index (χ2v) is 7.15. The molecule has 0 fully saturated rings. The van der Waals surface area contributed by atoms with Gasteiger partial charge >= 0.3 is 5.97 Å². The summed E-state index contributed by atoms with van der Waals surface area (Å²) in [4.78, 5) is 32.2. The quantitative estimate of drug-likeness (QED) is 0.692. The number of rotatable bonds is 5. The van der Waals surface area contributed by atoms with E-state index in [0.29, 0.717) is 11.4 Å². The van der Waals surface area contributed by atoms with Gasteiger partial charge in [0, 0.05) is 30.3 Å². The van der Waals surface area contributed by atoms with Gasteiger partial charge in [-0.2, -0.15) is 5.10 Å². The van der Waals surface area contributed by atoms with Crippen molar-refractivity contribution < 1.29 is 14.7 Å². The first-order valence-corrected chi connectivity index (χ1v) is 9.47. The molecule has 1 aromatic heterocycles. The lowest BCUT2D eigenvalue weighted by Gasteiger charge is -2.22. The molecular formula is C21H17ClN4O3. The molecule has 0 unspecified atom stereocenters. The Balaban J connectivity index is 1.68. The van der Waals surface area contributed by atoms with Crippen LogP contribution in [-0.4, -0.2) is 37.7 Å². The molecule has 1 aliphatic heterocycles. The van der Waals surface area contributed by atoms with Crippen LogP contribution in [0.1, 0.15) is 36.4 Å². The van der Waals surface area contributed by atoms with Gasteiger partial charge in [0.1, 0.15) is 0 Å². The summed E-state index contributed by atoms with van der Waals surface area (Å²) in [6.07, 6.45) is 3.40. The van der Waals surface area contributed by atoms with Crippen molar-refractivity contribution in [3.8, 4) is 0 Å². The number of amides is 1. The van der Waals surface area contributed by atoms with Crippen LogP contribution < -0.4 is 0 Å². The molecule has 0 spiro atoms. The van der Waals surface area contributed by atoms with Crippen LogP contribution in [0.5, 0.6) is 0 Å². The zero-order valence-electron chi connectivity index (χ0n) is 15.3. The molecule has 7 nitrogen and oxygen atoms in total. The monoisotopic (exact) mass is 408 g/mol. The second-order valence-electron chi connectivity index (χ2n) is 6.71. The van der Waals surface area contributed by atoms with E-state index in [9.17, 15) is 9.59 Å². The third-order valence-electron chi connectivity index (χ3n) is 4.77. The van der Waals surface area contributed by atoms with Crippen LogP contribution in [0, 0.1) is 0 Å². The van der Waals surface area contributed by atoms with Gasteiger partial charge in [-0.25, -0.2) is 5.01 Å². The Kier molecular flexibility index (Phi) is 5.22. The van der Waals surface area contributed by atoms with Crippen molar-refractivity contribution >= 4 is 40.2 Å². The minimum absolute atomic E-state index is 0.114. The fraction of sp³-hybridized carbons (Fsp3) is 0.190. The predicted octanol–water partition coefficient (Wildman–Crippen LogP) is 3.83. The third-order valence-corrected chi connectivity index (χ3v) is 5.03. The number of aromatic nitrogens is 2. The van der Waals surface area contributed by atoms with E-state index in [-0.39, 0.29) is 24.8 Å². The Morgan fingerprint density at radius 2 is 1.76 bits per heavy atom. The Labute approximate surface area is 171 Å². The first-order valence-electron chi connectivity index (χ1n) is 9.09. The van der Waals surface area contributed by atoms with Crippen molar-refractivity contribution in [2.45, 2.75) is 25.3 Å². The first-order chi connectivity index (χ1) is 14.0. The number of carbonyl (C=O) groups is 2. The molecule has 2 aromatic carbocycles. The minimum atomic E-state index is -1.02. The molecule has 146 valence electrons. The number of benzene rings is 2. The Hall–Kier alpha value is -3.32. The van der Waals surface area contributed by atoms with Crippen LogP contribution in [0.4, 0.5) is 0 Å². The van der Waals surface area contributed by atoms with Gasteiger partial charge in [0.05, 0.1) is 29.2 Å².